The molecule has 1 aromatic heterocycles. The Labute approximate surface area is 188 Å². The average Bonchev–Trinajstić information content (AvgIpc) is 3.09. The molecule has 4 rings (SSSR count). The van der Waals surface area contributed by atoms with Crippen molar-refractivity contribution in [1.82, 2.24) is 20.0 Å². The Morgan fingerprint density at radius 2 is 1.78 bits per heavy atom. The molecule has 7 heteroatoms. The van der Waals surface area contributed by atoms with E-state index in [0.717, 1.165) is 29.9 Å². The van der Waals surface area contributed by atoms with Gasteiger partial charge in [-0.15, -0.1) is 0 Å². The number of nitrogens with zero attached hydrogens (tertiary/aromatic N) is 3. The second-order valence-electron chi connectivity index (χ2n) is 8.11. The summed E-state index contributed by atoms with van der Waals surface area (Å²) in [6, 6.07) is 16.5. The molecule has 1 saturated heterocycles. The minimum atomic E-state index is -0.268. The van der Waals surface area contributed by atoms with Crippen molar-refractivity contribution in [1.29, 1.82) is 0 Å². The zero-order valence-electron chi connectivity index (χ0n) is 18.6. The predicted octanol–water partition coefficient (Wildman–Crippen LogP) is 3.49. The maximum atomic E-state index is 13.5. The van der Waals surface area contributed by atoms with Crippen LogP contribution in [0.25, 0.3) is 0 Å². The quantitative estimate of drug-likeness (QED) is 0.616. The molecule has 32 heavy (non-hydrogen) atoms. The van der Waals surface area contributed by atoms with Gasteiger partial charge in [-0.3, -0.25) is 14.4 Å². The Bertz CT molecular complexity index is 1040. The fourth-order valence-corrected chi connectivity index (χ4v) is 4.25. The molecule has 2 heterocycles. The van der Waals surface area contributed by atoms with Gasteiger partial charge in [0.25, 0.3) is 5.91 Å². The molecule has 0 radical (unpaired) electrons. The van der Waals surface area contributed by atoms with Crippen molar-refractivity contribution in [2.75, 3.05) is 32.8 Å². The SMILES string of the molecule is Cc1nn(Cc2ccccc2)c(C)c1C(=O)NCC(c1ccc(F)cc1)N1CCOCC1. The number of ether oxygens (including phenoxy) is 1. The van der Waals surface area contributed by atoms with Crippen LogP contribution in [0.4, 0.5) is 4.39 Å². The fraction of sp³-hybridized carbons (Fsp3) is 0.360. The molecule has 1 unspecified atom stereocenters. The number of amides is 1. The first-order chi connectivity index (χ1) is 15.5. The molecule has 1 amide bonds. The molecule has 1 atom stereocenters. The number of carbonyl (C=O) groups excluding carboxylic acids is 1. The Morgan fingerprint density at radius 3 is 2.47 bits per heavy atom. The van der Waals surface area contributed by atoms with Crippen molar-refractivity contribution in [3.63, 3.8) is 0 Å². The number of hydrogen-bond donors (Lipinski definition) is 1. The lowest BCUT2D eigenvalue weighted by Gasteiger charge is -2.35. The summed E-state index contributed by atoms with van der Waals surface area (Å²) in [4.78, 5) is 15.4. The van der Waals surface area contributed by atoms with Crippen LogP contribution < -0.4 is 5.32 Å². The third kappa shape index (κ3) is 5.06. The molecule has 1 aliphatic rings. The predicted molar refractivity (Wildman–Crippen MR) is 121 cm³/mol. The molecule has 168 valence electrons. The Morgan fingerprint density at radius 1 is 1.09 bits per heavy atom. The molecule has 1 fully saturated rings. The summed E-state index contributed by atoms with van der Waals surface area (Å²) in [6.07, 6.45) is 0. The van der Waals surface area contributed by atoms with Crippen molar-refractivity contribution in [3.05, 3.63) is 88.5 Å². The lowest BCUT2D eigenvalue weighted by Crippen LogP contribution is -2.44. The van der Waals surface area contributed by atoms with E-state index in [1.165, 1.54) is 12.1 Å². The van der Waals surface area contributed by atoms with E-state index >= 15 is 0 Å². The van der Waals surface area contributed by atoms with E-state index in [2.05, 4.69) is 15.3 Å². The summed E-state index contributed by atoms with van der Waals surface area (Å²) < 4.78 is 20.8. The van der Waals surface area contributed by atoms with E-state index in [1.807, 2.05) is 48.9 Å². The molecule has 0 aliphatic carbocycles. The number of benzene rings is 2. The second-order valence-corrected chi connectivity index (χ2v) is 8.11. The van der Waals surface area contributed by atoms with Gasteiger partial charge in [0, 0.05) is 25.3 Å². The Balaban J connectivity index is 1.50. The van der Waals surface area contributed by atoms with Gasteiger partial charge in [-0.25, -0.2) is 4.39 Å². The number of rotatable bonds is 7. The lowest BCUT2D eigenvalue weighted by atomic mass is 10.0. The molecule has 0 spiro atoms. The highest BCUT2D eigenvalue weighted by Gasteiger charge is 2.25. The van der Waals surface area contributed by atoms with Crippen LogP contribution in [-0.2, 0) is 11.3 Å². The third-order valence-corrected chi connectivity index (χ3v) is 5.98. The number of hydrogen-bond acceptors (Lipinski definition) is 4. The Kier molecular flexibility index (Phi) is 6.97. The maximum absolute atomic E-state index is 13.5. The topological polar surface area (TPSA) is 59.4 Å². The van der Waals surface area contributed by atoms with E-state index in [0.29, 0.717) is 37.6 Å². The van der Waals surface area contributed by atoms with Crippen molar-refractivity contribution in [2.24, 2.45) is 0 Å². The van der Waals surface area contributed by atoms with Gasteiger partial charge in [-0.1, -0.05) is 42.5 Å². The van der Waals surface area contributed by atoms with E-state index in [4.69, 9.17) is 4.74 Å². The van der Waals surface area contributed by atoms with Crippen LogP contribution in [0.2, 0.25) is 0 Å². The highest BCUT2D eigenvalue weighted by molar-refractivity contribution is 5.96. The number of halogens is 1. The summed E-state index contributed by atoms with van der Waals surface area (Å²) in [6.45, 7) is 7.67. The monoisotopic (exact) mass is 436 g/mol. The number of nitrogens with one attached hydrogen (secondary N) is 1. The van der Waals surface area contributed by atoms with Crippen LogP contribution in [0.1, 0.15) is 38.9 Å². The maximum Gasteiger partial charge on any atom is 0.255 e. The molecule has 3 aromatic rings. The molecule has 2 aromatic carbocycles. The second kappa shape index (κ2) is 10.1. The molecule has 0 saturated carbocycles. The van der Waals surface area contributed by atoms with E-state index in [1.54, 1.807) is 12.1 Å². The van der Waals surface area contributed by atoms with E-state index in [-0.39, 0.29) is 17.8 Å². The van der Waals surface area contributed by atoms with Gasteiger partial charge in [-0.05, 0) is 37.1 Å². The third-order valence-electron chi connectivity index (χ3n) is 5.98. The van der Waals surface area contributed by atoms with Crippen LogP contribution in [0, 0.1) is 19.7 Å². The molecular formula is C25H29FN4O2. The molecule has 1 aliphatic heterocycles. The van der Waals surface area contributed by atoms with Crippen molar-refractivity contribution in [3.8, 4) is 0 Å². The van der Waals surface area contributed by atoms with Crippen LogP contribution in [0.15, 0.2) is 54.6 Å². The van der Waals surface area contributed by atoms with Crippen molar-refractivity contribution < 1.29 is 13.9 Å². The van der Waals surface area contributed by atoms with Crippen LogP contribution in [0.3, 0.4) is 0 Å². The van der Waals surface area contributed by atoms with Crippen molar-refractivity contribution in [2.45, 2.75) is 26.4 Å². The van der Waals surface area contributed by atoms with E-state index in [9.17, 15) is 9.18 Å². The zero-order valence-corrected chi connectivity index (χ0v) is 18.6. The largest absolute Gasteiger partial charge is 0.379 e. The highest BCUT2D eigenvalue weighted by atomic mass is 19.1. The standard InChI is InChI=1S/C25H29FN4O2/c1-18-24(19(2)30(28-18)17-20-6-4-3-5-7-20)25(31)27-16-23(29-12-14-32-15-13-29)21-8-10-22(26)11-9-21/h3-11,23H,12-17H2,1-2H3,(H,27,31). The minimum Gasteiger partial charge on any atom is -0.379 e. The van der Waals surface area contributed by atoms with Gasteiger partial charge in [0.1, 0.15) is 5.82 Å². The number of carbonyl (C=O) groups is 1. The summed E-state index contributed by atoms with van der Waals surface area (Å²) in [5, 5.41) is 7.70. The van der Waals surface area contributed by atoms with Gasteiger partial charge in [0.2, 0.25) is 0 Å². The first kappa shape index (κ1) is 22.2. The first-order valence-corrected chi connectivity index (χ1v) is 11.0. The number of aryl methyl sites for hydroxylation is 1. The normalized spacial score (nSPS) is 15.5. The number of aromatic nitrogens is 2. The van der Waals surface area contributed by atoms with Crippen LogP contribution in [-0.4, -0.2) is 53.4 Å². The van der Waals surface area contributed by atoms with E-state index < -0.39 is 0 Å². The van der Waals surface area contributed by atoms with Crippen LogP contribution in [0.5, 0.6) is 0 Å². The zero-order chi connectivity index (χ0) is 22.5. The van der Waals surface area contributed by atoms with Crippen LogP contribution >= 0.6 is 0 Å². The molecule has 6 nitrogen and oxygen atoms in total. The summed E-state index contributed by atoms with van der Waals surface area (Å²) in [5.41, 5.74) is 4.27. The first-order valence-electron chi connectivity index (χ1n) is 11.0. The molecule has 0 bridgehead atoms. The Hall–Kier alpha value is -3.03. The molecular weight excluding hydrogens is 407 g/mol. The summed E-state index contributed by atoms with van der Waals surface area (Å²) in [5.74, 6) is -0.407. The molecule has 1 N–H and O–H groups in total. The van der Waals surface area contributed by atoms with Gasteiger partial charge < -0.3 is 10.1 Å². The minimum absolute atomic E-state index is 0.0524. The highest BCUT2D eigenvalue weighted by Crippen LogP contribution is 2.22. The summed E-state index contributed by atoms with van der Waals surface area (Å²) >= 11 is 0. The smallest absolute Gasteiger partial charge is 0.255 e. The van der Waals surface area contributed by atoms with Gasteiger partial charge in [0.15, 0.2) is 0 Å². The van der Waals surface area contributed by atoms with Gasteiger partial charge in [0.05, 0.1) is 37.1 Å². The number of morpholine rings is 1. The van der Waals surface area contributed by atoms with Gasteiger partial charge in [-0.2, -0.15) is 5.10 Å². The van der Waals surface area contributed by atoms with Crippen molar-refractivity contribution >= 4 is 5.91 Å². The fourth-order valence-electron chi connectivity index (χ4n) is 4.25. The summed E-state index contributed by atoms with van der Waals surface area (Å²) in [7, 11) is 0. The lowest BCUT2D eigenvalue weighted by molar-refractivity contribution is 0.0162. The van der Waals surface area contributed by atoms with Gasteiger partial charge >= 0.3 is 0 Å². The average molecular weight is 437 g/mol.